The van der Waals surface area contributed by atoms with Crippen molar-refractivity contribution in [3.05, 3.63) is 35.9 Å². The molecule has 3 atom stereocenters. The largest absolute Gasteiger partial charge is 0.405 e. The van der Waals surface area contributed by atoms with Gasteiger partial charge in [0.1, 0.15) is 6.54 Å². The normalized spacial score (nSPS) is 26.0. The van der Waals surface area contributed by atoms with Gasteiger partial charge in [-0.05, 0) is 19.4 Å². The molecule has 1 aliphatic rings. The summed E-state index contributed by atoms with van der Waals surface area (Å²) in [6.07, 6.45) is -4.60. The number of carbonyl (C=O) groups is 1. The molecule has 0 aromatic heterocycles. The van der Waals surface area contributed by atoms with Crippen LogP contribution < -0.4 is 5.32 Å². The van der Waals surface area contributed by atoms with Crippen molar-refractivity contribution in [3.8, 4) is 0 Å². The Morgan fingerprint density at radius 3 is 2.57 bits per heavy atom. The number of nitrogens with zero attached hydrogens (tertiary/aromatic N) is 1. The van der Waals surface area contributed by atoms with Gasteiger partial charge in [0.05, 0.1) is 19.3 Å². The van der Waals surface area contributed by atoms with E-state index in [4.69, 9.17) is 4.74 Å². The first-order valence-corrected chi connectivity index (χ1v) is 7.53. The molecule has 4 nitrogen and oxygen atoms in total. The molecule has 2 rings (SSSR count). The topological polar surface area (TPSA) is 41.6 Å². The van der Waals surface area contributed by atoms with Crippen LogP contribution in [0.2, 0.25) is 0 Å². The van der Waals surface area contributed by atoms with Gasteiger partial charge in [-0.15, -0.1) is 0 Å². The lowest BCUT2D eigenvalue weighted by Crippen LogP contribution is -2.54. The van der Waals surface area contributed by atoms with E-state index in [1.165, 1.54) is 0 Å². The quantitative estimate of drug-likeness (QED) is 0.922. The molecule has 1 heterocycles. The second-order valence-corrected chi connectivity index (χ2v) is 5.82. The smallest absolute Gasteiger partial charge is 0.370 e. The molecular formula is C16H21F3N2O2. The molecule has 0 spiro atoms. The van der Waals surface area contributed by atoms with Crippen molar-refractivity contribution in [1.29, 1.82) is 0 Å². The van der Waals surface area contributed by atoms with Crippen molar-refractivity contribution in [2.75, 3.05) is 19.7 Å². The predicted octanol–water partition coefficient (Wildman–Crippen LogP) is 2.52. The van der Waals surface area contributed by atoms with Crippen LogP contribution in [0.15, 0.2) is 30.3 Å². The highest BCUT2D eigenvalue weighted by atomic mass is 19.4. The van der Waals surface area contributed by atoms with Crippen molar-refractivity contribution in [2.24, 2.45) is 0 Å². The maximum absolute atomic E-state index is 12.2. The van der Waals surface area contributed by atoms with Gasteiger partial charge < -0.3 is 10.1 Å². The Kier molecular flexibility index (Phi) is 5.64. The van der Waals surface area contributed by atoms with E-state index in [1.54, 1.807) is 0 Å². The lowest BCUT2D eigenvalue weighted by Gasteiger charge is -2.43. The number of ether oxygens (including phenoxy) is 1. The second-order valence-electron chi connectivity index (χ2n) is 5.82. The lowest BCUT2D eigenvalue weighted by atomic mass is 9.98. The number of rotatable bonds is 4. The van der Waals surface area contributed by atoms with Crippen molar-refractivity contribution in [3.63, 3.8) is 0 Å². The molecular weight excluding hydrogens is 309 g/mol. The van der Waals surface area contributed by atoms with Gasteiger partial charge in [0.15, 0.2) is 0 Å². The van der Waals surface area contributed by atoms with Crippen LogP contribution >= 0.6 is 0 Å². The van der Waals surface area contributed by atoms with E-state index in [-0.39, 0.29) is 24.7 Å². The molecule has 0 saturated carbocycles. The zero-order chi connectivity index (χ0) is 17.0. The third kappa shape index (κ3) is 4.94. The minimum Gasteiger partial charge on any atom is -0.370 e. The van der Waals surface area contributed by atoms with Gasteiger partial charge in [-0.2, -0.15) is 13.2 Å². The van der Waals surface area contributed by atoms with Crippen LogP contribution in [-0.2, 0) is 9.53 Å². The molecule has 7 heteroatoms. The molecule has 1 amide bonds. The average molecular weight is 330 g/mol. The van der Waals surface area contributed by atoms with Crippen LogP contribution in [-0.4, -0.2) is 48.8 Å². The van der Waals surface area contributed by atoms with Gasteiger partial charge in [0.25, 0.3) is 0 Å². The fourth-order valence-corrected chi connectivity index (χ4v) is 2.79. The molecule has 0 bridgehead atoms. The van der Waals surface area contributed by atoms with Gasteiger partial charge in [-0.1, -0.05) is 30.3 Å². The van der Waals surface area contributed by atoms with Gasteiger partial charge in [0, 0.05) is 12.1 Å². The van der Waals surface area contributed by atoms with Gasteiger partial charge in [-0.25, -0.2) is 0 Å². The number of halogens is 3. The summed E-state index contributed by atoms with van der Waals surface area (Å²) in [5.41, 5.74) is 0.993. The summed E-state index contributed by atoms with van der Waals surface area (Å²) in [7, 11) is 0. The monoisotopic (exact) mass is 330 g/mol. The SMILES string of the molecule is C[C@@H]1CO[C@@H](c2ccccc2)[C@H](C)N1CC(=O)NCC(F)(F)F. The van der Waals surface area contributed by atoms with E-state index in [0.29, 0.717) is 6.61 Å². The van der Waals surface area contributed by atoms with Crippen LogP contribution in [0.4, 0.5) is 13.2 Å². The van der Waals surface area contributed by atoms with E-state index >= 15 is 0 Å². The fraction of sp³-hybridized carbons (Fsp3) is 0.562. The fourth-order valence-electron chi connectivity index (χ4n) is 2.79. The summed E-state index contributed by atoms with van der Waals surface area (Å²) in [6, 6.07) is 9.45. The highest BCUT2D eigenvalue weighted by Crippen LogP contribution is 2.30. The number of hydrogen-bond donors (Lipinski definition) is 1. The van der Waals surface area contributed by atoms with Gasteiger partial charge in [-0.3, -0.25) is 9.69 Å². The molecule has 0 unspecified atom stereocenters. The first-order chi connectivity index (χ1) is 10.8. The maximum atomic E-state index is 12.2. The Bertz CT molecular complexity index is 522. The van der Waals surface area contributed by atoms with Crippen molar-refractivity contribution < 1.29 is 22.7 Å². The Morgan fingerprint density at radius 1 is 1.30 bits per heavy atom. The van der Waals surface area contributed by atoms with Gasteiger partial charge >= 0.3 is 6.18 Å². The third-order valence-corrected chi connectivity index (χ3v) is 3.98. The Balaban J connectivity index is 2.00. The maximum Gasteiger partial charge on any atom is 0.405 e. The molecule has 0 radical (unpaired) electrons. The van der Waals surface area contributed by atoms with E-state index in [9.17, 15) is 18.0 Å². The average Bonchev–Trinajstić information content (AvgIpc) is 2.49. The zero-order valence-electron chi connectivity index (χ0n) is 13.1. The molecule has 128 valence electrons. The molecule has 1 N–H and O–H groups in total. The number of amides is 1. The Morgan fingerprint density at radius 2 is 1.96 bits per heavy atom. The molecule has 1 aromatic carbocycles. The summed E-state index contributed by atoms with van der Waals surface area (Å²) in [5.74, 6) is -0.630. The minimum atomic E-state index is -4.40. The number of nitrogens with one attached hydrogen (secondary N) is 1. The van der Waals surface area contributed by atoms with E-state index in [2.05, 4.69) is 0 Å². The first kappa shape index (κ1) is 17.7. The van der Waals surface area contributed by atoms with Crippen LogP contribution in [0.3, 0.4) is 0 Å². The summed E-state index contributed by atoms with van der Waals surface area (Å²) in [5, 5.41) is 1.92. The van der Waals surface area contributed by atoms with Crippen LogP contribution in [0, 0.1) is 0 Å². The van der Waals surface area contributed by atoms with Crippen molar-refractivity contribution >= 4 is 5.91 Å². The summed E-state index contributed by atoms with van der Waals surface area (Å²) < 4.78 is 42.4. The van der Waals surface area contributed by atoms with Crippen LogP contribution in [0.25, 0.3) is 0 Å². The highest BCUT2D eigenvalue weighted by Gasteiger charge is 2.35. The van der Waals surface area contributed by atoms with Gasteiger partial charge in [0.2, 0.25) is 5.91 Å². The number of benzene rings is 1. The van der Waals surface area contributed by atoms with Crippen molar-refractivity contribution in [1.82, 2.24) is 10.2 Å². The molecule has 0 aliphatic carbocycles. The lowest BCUT2D eigenvalue weighted by molar-refractivity contribution is -0.143. The number of morpholine rings is 1. The van der Waals surface area contributed by atoms with Crippen LogP contribution in [0.5, 0.6) is 0 Å². The zero-order valence-corrected chi connectivity index (χ0v) is 13.1. The predicted molar refractivity (Wildman–Crippen MR) is 79.8 cm³/mol. The van der Waals surface area contributed by atoms with E-state index in [0.717, 1.165) is 5.56 Å². The second kappa shape index (κ2) is 7.31. The standard InChI is InChI=1S/C16H21F3N2O2/c1-11-9-23-15(13-6-4-3-5-7-13)12(2)21(11)8-14(22)20-10-16(17,18)19/h3-7,11-12,15H,8-10H2,1-2H3,(H,20,22)/t11-,12+,15-/m1/s1. The number of carbonyl (C=O) groups excluding carboxylic acids is 1. The summed E-state index contributed by atoms with van der Waals surface area (Å²) >= 11 is 0. The molecule has 1 aromatic rings. The Hall–Kier alpha value is -1.60. The molecule has 1 aliphatic heterocycles. The highest BCUT2D eigenvalue weighted by molar-refractivity contribution is 5.78. The van der Waals surface area contributed by atoms with Crippen LogP contribution in [0.1, 0.15) is 25.5 Å². The first-order valence-electron chi connectivity index (χ1n) is 7.53. The molecule has 1 saturated heterocycles. The summed E-state index contributed by atoms with van der Waals surface area (Å²) in [6.45, 7) is 2.86. The van der Waals surface area contributed by atoms with E-state index in [1.807, 2.05) is 54.4 Å². The Labute approximate surface area is 133 Å². The third-order valence-electron chi connectivity index (χ3n) is 3.98. The van der Waals surface area contributed by atoms with E-state index < -0.39 is 18.6 Å². The number of hydrogen-bond acceptors (Lipinski definition) is 3. The number of alkyl halides is 3. The summed E-state index contributed by atoms with van der Waals surface area (Å²) in [4.78, 5) is 13.7. The minimum absolute atomic E-state index is 0.0402. The molecule has 1 fully saturated rings. The van der Waals surface area contributed by atoms with Crippen molar-refractivity contribution in [2.45, 2.75) is 38.2 Å². The molecule has 23 heavy (non-hydrogen) atoms.